The Hall–Kier alpha value is -0.180. The Kier molecular flexibility index (Phi) is 4.40. The third-order valence-electron chi connectivity index (χ3n) is 4.01. The van der Waals surface area contributed by atoms with E-state index in [4.69, 9.17) is 4.99 Å². The molecule has 17 heavy (non-hydrogen) atoms. The first-order valence-electron chi connectivity index (χ1n) is 7.06. The highest BCUT2D eigenvalue weighted by molar-refractivity contribution is 8.13. The van der Waals surface area contributed by atoms with Gasteiger partial charge in [-0.2, -0.15) is 0 Å². The van der Waals surface area contributed by atoms with Gasteiger partial charge in [-0.15, -0.1) is 0 Å². The van der Waals surface area contributed by atoms with Crippen LogP contribution in [-0.2, 0) is 0 Å². The minimum absolute atomic E-state index is 0.234. The molecule has 1 aliphatic heterocycles. The maximum atomic E-state index is 5.00. The molecule has 2 atom stereocenters. The minimum Gasteiger partial charge on any atom is -0.360 e. The van der Waals surface area contributed by atoms with E-state index in [1.807, 2.05) is 11.8 Å². The van der Waals surface area contributed by atoms with Gasteiger partial charge in [-0.1, -0.05) is 37.9 Å². The third-order valence-corrected chi connectivity index (χ3v) is 4.90. The van der Waals surface area contributed by atoms with Gasteiger partial charge in [-0.25, -0.2) is 0 Å². The summed E-state index contributed by atoms with van der Waals surface area (Å²) in [6, 6.07) is 0.557. The predicted octanol–water partition coefficient (Wildman–Crippen LogP) is 3.82. The second-order valence-corrected chi connectivity index (χ2v) is 7.31. The van der Waals surface area contributed by atoms with E-state index in [-0.39, 0.29) is 5.54 Å². The lowest BCUT2D eigenvalue weighted by Crippen LogP contribution is -2.46. The summed E-state index contributed by atoms with van der Waals surface area (Å²) in [5, 5.41) is 4.79. The standard InChI is InChI=1S/C14H26N2S/c1-11-7-5-4-6-8-12(11)15-13-16-14(2,3)9-10-17-13/h11-12H,4-10H2,1-3H3,(H,15,16). The zero-order valence-electron chi connectivity index (χ0n) is 11.5. The van der Waals surface area contributed by atoms with Crippen LogP contribution in [0.15, 0.2) is 4.99 Å². The Morgan fingerprint density at radius 2 is 2.00 bits per heavy atom. The molecule has 1 heterocycles. The van der Waals surface area contributed by atoms with Crippen molar-refractivity contribution in [3.8, 4) is 0 Å². The fraction of sp³-hybridized carbons (Fsp3) is 0.929. The molecular weight excluding hydrogens is 228 g/mol. The quantitative estimate of drug-likeness (QED) is 0.719. The molecule has 0 bridgehead atoms. The molecule has 2 aliphatic rings. The van der Waals surface area contributed by atoms with Gasteiger partial charge in [0.25, 0.3) is 0 Å². The lowest BCUT2D eigenvalue weighted by Gasteiger charge is -2.33. The number of nitrogens with zero attached hydrogens (tertiary/aromatic N) is 1. The number of thioether (sulfide) groups is 1. The van der Waals surface area contributed by atoms with E-state index in [0.717, 1.165) is 5.92 Å². The third kappa shape index (κ3) is 3.90. The van der Waals surface area contributed by atoms with Crippen molar-refractivity contribution < 1.29 is 0 Å². The first-order chi connectivity index (χ1) is 8.07. The molecule has 2 unspecified atom stereocenters. The van der Waals surface area contributed by atoms with Gasteiger partial charge in [-0.3, -0.25) is 4.99 Å². The largest absolute Gasteiger partial charge is 0.360 e. The highest BCUT2D eigenvalue weighted by Gasteiger charge is 2.26. The molecule has 1 aliphatic carbocycles. The van der Waals surface area contributed by atoms with E-state index >= 15 is 0 Å². The molecule has 2 rings (SSSR count). The highest BCUT2D eigenvalue weighted by atomic mass is 32.2. The molecule has 1 N–H and O–H groups in total. The van der Waals surface area contributed by atoms with Gasteiger partial charge in [0.05, 0.1) is 6.04 Å². The molecule has 0 radical (unpaired) electrons. The molecule has 1 saturated heterocycles. The monoisotopic (exact) mass is 254 g/mol. The fourth-order valence-corrected chi connectivity index (χ4v) is 4.04. The number of rotatable bonds is 1. The zero-order valence-corrected chi connectivity index (χ0v) is 12.3. The van der Waals surface area contributed by atoms with E-state index in [1.54, 1.807) is 0 Å². The molecule has 3 heteroatoms. The number of nitrogens with one attached hydrogen (secondary N) is 1. The first kappa shape index (κ1) is 13.3. The Morgan fingerprint density at radius 3 is 2.76 bits per heavy atom. The minimum atomic E-state index is 0.234. The average molecular weight is 254 g/mol. The van der Waals surface area contributed by atoms with Crippen LogP contribution in [0.1, 0.15) is 59.3 Å². The summed E-state index contributed by atoms with van der Waals surface area (Å²) in [6.07, 6.45) is 8.03. The normalized spacial score (nSPS) is 36.3. The van der Waals surface area contributed by atoms with E-state index in [2.05, 4.69) is 26.1 Å². The van der Waals surface area contributed by atoms with Gasteiger partial charge >= 0.3 is 0 Å². The number of amidine groups is 1. The van der Waals surface area contributed by atoms with E-state index in [9.17, 15) is 0 Å². The van der Waals surface area contributed by atoms with Crippen LogP contribution in [0.4, 0.5) is 0 Å². The zero-order chi connectivity index (χ0) is 12.3. The Labute approximate surface area is 110 Å². The second kappa shape index (κ2) is 5.64. The summed E-state index contributed by atoms with van der Waals surface area (Å²) in [4.78, 5) is 5.00. The van der Waals surface area contributed by atoms with Gasteiger partial charge in [0.1, 0.15) is 0 Å². The van der Waals surface area contributed by atoms with Crippen molar-refractivity contribution in [1.82, 2.24) is 5.32 Å². The van der Waals surface area contributed by atoms with Crippen molar-refractivity contribution in [2.45, 2.75) is 70.9 Å². The molecule has 2 nitrogen and oxygen atoms in total. The van der Waals surface area contributed by atoms with Crippen molar-refractivity contribution >= 4 is 16.9 Å². The lowest BCUT2D eigenvalue weighted by molar-refractivity contribution is 0.421. The maximum absolute atomic E-state index is 5.00. The second-order valence-electron chi connectivity index (χ2n) is 6.22. The number of aliphatic imine (C=N–C) groups is 1. The van der Waals surface area contributed by atoms with Gasteiger partial charge < -0.3 is 5.32 Å². The van der Waals surface area contributed by atoms with Crippen LogP contribution in [0, 0.1) is 5.92 Å². The van der Waals surface area contributed by atoms with Crippen LogP contribution in [0.25, 0.3) is 0 Å². The smallest absolute Gasteiger partial charge is 0.157 e. The van der Waals surface area contributed by atoms with E-state index in [1.165, 1.54) is 49.4 Å². The van der Waals surface area contributed by atoms with Crippen LogP contribution < -0.4 is 5.32 Å². The van der Waals surface area contributed by atoms with Gasteiger partial charge in [0, 0.05) is 11.3 Å². The van der Waals surface area contributed by atoms with E-state index < -0.39 is 0 Å². The molecule has 2 fully saturated rings. The lowest BCUT2D eigenvalue weighted by atomic mass is 9.98. The fourth-order valence-electron chi connectivity index (χ4n) is 2.68. The van der Waals surface area contributed by atoms with Crippen molar-refractivity contribution in [2.24, 2.45) is 10.9 Å². The number of hydrogen-bond donors (Lipinski definition) is 1. The van der Waals surface area contributed by atoms with Crippen LogP contribution in [0.5, 0.6) is 0 Å². The number of hydrogen-bond acceptors (Lipinski definition) is 2. The predicted molar refractivity (Wildman–Crippen MR) is 77.8 cm³/mol. The first-order valence-corrected chi connectivity index (χ1v) is 8.04. The van der Waals surface area contributed by atoms with Crippen LogP contribution in [0.2, 0.25) is 0 Å². The Morgan fingerprint density at radius 1 is 1.24 bits per heavy atom. The Balaban J connectivity index is 2.01. The van der Waals surface area contributed by atoms with Crippen molar-refractivity contribution in [3.05, 3.63) is 0 Å². The molecule has 0 aromatic carbocycles. The molecule has 98 valence electrons. The van der Waals surface area contributed by atoms with Crippen LogP contribution in [-0.4, -0.2) is 22.5 Å². The summed E-state index contributed by atoms with van der Waals surface area (Å²) in [5.74, 6) is 1.97. The van der Waals surface area contributed by atoms with Crippen LogP contribution >= 0.6 is 11.8 Å². The Bertz CT molecular complexity index is 286. The van der Waals surface area contributed by atoms with Crippen LogP contribution in [0.3, 0.4) is 0 Å². The van der Waals surface area contributed by atoms with Gasteiger partial charge in [0.15, 0.2) is 5.17 Å². The molecule has 0 aromatic heterocycles. The summed E-state index contributed by atoms with van der Waals surface area (Å²) in [5.41, 5.74) is 0.234. The summed E-state index contributed by atoms with van der Waals surface area (Å²) in [7, 11) is 0. The topological polar surface area (TPSA) is 24.4 Å². The van der Waals surface area contributed by atoms with Crippen molar-refractivity contribution in [1.29, 1.82) is 0 Å². The molecule has 0 amide bonds. The molecule has 0 aromatic rings. The average Bonchev–Trinajstić information content (AvgIpc) is 2.43. The highest BCUT2D eigenvalue weighted by Crippen LogP contribution is 2.28. The van der Waals surface area contributed by atoms with Gasteiger partial charge in [-0.05, 0) is 39.0 Å². The van der Waals surface area contributed by atoms with Gasteiger partial charge in [0.2, 0.25) is 0 Å². The van der Waals surface area contributed by atoms with Crippen molar-refractivity contribution in [3.63, 3.8) is 0 Å². The summed E-state index contributed by atoms with van der Waals surface area (Å²) >= 11 is 1.91. The summed E-state index contributed by atoms with van der Waals surface area (Å²) in [6.45, 7) is 6.93. The maximum Gasteiger partial charge on any atom is 0.157 e. The molecular formula is C14H26N2S. The SMILES string of the molecule is CC1CCCCCC1N=C1NC(C)(C)CCS1. The summed E-state index contributed by atoms with van der Waals surface area (Å²) < 4.78 is 0. The molecule has 0 spiro atoms. The van der Waals surface area contributed by atoms with E-state index in [0.29, 0.717) is 6.04 Å². The van der Waals surface area contributed by atoms with Crippen molar-refractivity contribution in [2.75, 3.05) is 5.75 Å². The molecule has 1 saturated carbocycles.